The van der Waals surface area contributed by atoms with Crippen LogP contribution in [0.25, 0.3) is 0 Å². The number of allylic oxidation sites excluding steroid dienone is 2. The van der Waals surface area contributed by atoms with Gasteiger partial charge in [0.1, 0.15) is 15.1 Å². The third kappa shape index (κ3) is 5.84. The van der Waals surface area contributed by atoms with Gasteiger partial charge in [-0.3, -0.25) is 0 Å². The molecule has 0 aromatic carbocycles. The van der Waals surface area contributed by atoms with Gasteiger partial charge in [-0.05, 0) is 13.3 Å². The normalized spacial score (nSPS) is 35.5. The van der Waals surface area contributed by atoms with Crippen molar-refractivity contribution in [3.8, 4) is 0 Å². The molecule has 0 nitrogen and oxygen atoms in total. The van der Waals surface area contributed by atoms with Gasteiger partial charge in [0, 0.05) is 0 Å². The van der Waals surface area contributed by atoms with Gasteiger partial charge < -0.3 is 0 Å². The van der Waals surface area contributed by atoms with Crippen LogP contribution in [0.5, 0.6) is 0 Å². The van der Waals surface area contributed by atoms with Gasteiger partial charge in [-0.25, -0.2) is 0 Å². The summed E-state index contributed by atoms with van der Waals surface area (Å²) in [6.07, 6.45) is 15.8. The standard InChI is InChI=1S/C15H30B2/c1-4-5-8-13-17-15(3)10-7-6-9-14(2,16)11-12-15/h4-5,17H,6-13,16H2,1-3H3/b5-4-. The van der Waals surface area contributed by atoms with Crippen LogP contribution in [0.15, 0.2) is 12.2 Å². The number of hydrogen-bond donors (Lipinski definition) is 0. The molecule has 1 fully saturated rings. The Hall–Kier alpha value is -0.130. The van der Waals surface area contributed by atoms with Crippen molar-refractivity contribution in [3.05, 3.63) is 12.2 Å². The highest BCUT2D eigenvalue weighted by molar-refractivity contribution is 6.39. The number of hydrogen-bond acceptors (Lipinski definition) is 0. The Labute approximate surface area is 110 Å². The molecule has 2 unspecified atom stereocenters. The smallest absolute Gasteiger partial charge is 0.0917 e. The van der Waals surface area contributed by atoms with Crippen LogP contribution in [0.3, 0.4) is 0 Å². The average Bonchev–Trinajstić information content (AvgIpc) is 2.27. The summed E-state index contributed by atoms with van der Waals surface area (Å²) in [6, 6.07) is 0. The fourth-order valence-corrected chi connectivity index (χ4v) is 3.11. The van der Waals surface area contributed by atoms with Crippen molar-refractivity contribution >= 4 is 15.1 Å². The molecule has 0 aliphatic heterocycles. The van der Waals surface area contributed by atoms with Crippen LogP contribution in [0.4, 0.5) is 0 Å². The molecular weight excluding hydrogens is 202 g/mol. The van der Waals surface area contributed by atoms with E-state index < -0.39 is 0 Å². The third-order valence-electron chi connectivity index (χ3n) is 4.68. The van der Waals surface area contributed by atoms with Crippen LogP contribution in [0, 0.1) is 0 Å². The van der Waals surface area contributed by atoms with E-state index in [4.69, 9.17) is 0 Å². The van der Waals surface area contributed by atoms with Crippen LogP contribution in [0.2, 0.25) is 16.9 Å². The van der Waals surface area contributed by atoms with Crippen molar-refractivity contribution in [2.24, 2.45) is 0 Å². The lowest BCUT2D eigenvalue weighted by Crippen LogP contribution is -2.22. The molecule has 2 atom stereocenters. The molecule has 2 heteroatoms. The first-order valence-corrected chi connectivity index (χ1v) is 7.59. The molecule has 0 radical (unpaired) electrons. The molecule has 0 bridgehead atoms. The summed E-state index contributed by atoms with van der Waals surface area (Å²) in [5.41, 5.74) is 0. The molecule has 1 rings (SSSR count). The Morgan fingerprint density at radius 1 is 1.12 bits per heavy atom. The predicted octanol–water partition coefficient (Wildman–Crippen LogP) is 4.15. The zero-order chi connectivity index (χ0) is 12.8. The second-order valence-corrected chi connectivity index (χ2v) is 7.14. The minimum Gasteiger partial charge on any atom is -0.0917 e. The van der Waals surface area contributed by atoms with Crippen molar-refractivity contribution in [3.63, 3.8) is 0 Å². The van der Waals surface area contributed by atoms with Crippen molar-refractivity contribution in [1.29, 1.82) is 0 Å². The van der Waals surface area contributed by atoms with E-state index in [1.165, 1.54) is 58.5 Å². The van der Waals surface area contributed by atoms with Crippen LogP contribution >= 0.6 is 0 Å². The second kappa shape index (κ2) is 6.71. The van der Waals surface area contributed by atoms with Gasteiger partial charge in [-0.2, -0.15) is 0 Å². The summed E-state index contributed by atoms with van der Waals surface area (Å²) >= 11 is 0. The van der Waals surface area contributed by atoms with E-state index in [2.05, 4.69) is 40.8 Å². The maximum Gasteiger partial charge on any atom is 0.128 e. The fourth-order valence-electron chi connectivity index (χ4n) is 3.11. The molecule has 17 heavy (non-hydrogen) atoms. The molecule has 0 heterocycles. The Bertz CT molecular complexity index is 245. The Kier molecular flexibility index (Phi) is 5.89. The molecule has 96 valence electrons. The van der Waals surface area contributed by atoms with Crippen LogP contribution in [-0.2, 0) is 0 Å². The zero-order valence-corrected chi connectivity index (χ0v) is 12.5. The SMILES string of the molecule is BC1(C)CCCCC(C)(BCC/C=C\C)CC1. The molecule has 0 amide bonds. The lowest BCUT2D eigenvalue weighted by molar-refractivity contribution is 0.363. The van der Waals surface area contributed by atoms with Gasteiger partial charge in [0.15, 0.2) is 0 Å². The molecule has 1 saturated carbocycles. The first-order valence-electron chi connectivity index (χ1n) is 7.59. The highest BCUT2D eigenvalue weighted by Gasteiger charge is 2.30. The van der Waals surface area contributed by atoms with E-state index in [0.29, 0.717) is 10.6 Å². The van der Waals surface area contributed by atoms with Gasteiger partial charge in [0.25, 0.3) is 0 Å². The lowest BCUT2D eigenvalue weighted by Gasteiger charge is -2.37. The van der Waals surface area contributed by atoms with Gasteiger partial charge in [0.05, 0.1) is 0 Å². The largest absolute Gasteiger partial charge is 0.128 e. The molecule has 0 N–H and O–H groups in total. The van der Waals surface area contributed by atoms with Gasteiger partial charge >= 0.3 is 0 Å². The summed E-state index contributed by atoms with van der Waals surface area (Å²) < 4.78 is 0. The topological polar surface area (TPSA) is 0 Å². The van der Waals surface area contributed by atoms with Crippen LogP contribution in [0.1, 0.15) is 65.7 Å². The summed E-state index contributed by atoms with van der Waals surface area (Å²) in [5, 5.41) is 1.21. The van der Waals surface area contributed by atoms with Gasteiger partial charge in [0.2, 0.25) is 0 Å². The maximum atomic E-state index is 2.53. The highest BCUT2D eigenvalue weighted by Crippen LogP contribution is 2.47. The third-order valence-corrected chi connectivity index (χ3v) is 4.68. The van der Waals surface area contributed by atoms with E-state index in [1.807, 2.05) is 0 Å². The monoisotopic (exact) mass is 232 g/mol. The quantitative estimate of drug-likeness (QED) is 0.388. The van der Waals surface area contributed by atoms with E-state index in [1.54, 1.807) is 0 Å². The van der Waals surface area contributed by atoms with E-state index >= 15 is 0 Å². The van der Waals surface area contributed by atoms with Crippen molar-refractivity contribution < 1.29 is 0 Å². The summed E-state index contributed by atoms with van der Waals surface area (Å²) in [7, 11) is 3.88. The van der Waals surface area contributed by atoms with Crippen LogP contribution in [-0.4, -0.2) is 15.1 Å². The van der Waals surface area contributed by atoms with E-state index in [9.17, 15) is 0 Å². The summed E-state index contributed by atoms with van der Waals surface area (Å²) in [4.78, 5) is 0. The molecule has 0 aromatic heterocycles. The first kappa shape index (κ1) is 14.9. The Morgan fingerprint density at radius 3 is 2.53 bits per heavy atom. The van der Waals surface area contributed by atoms with Gasteiger partial charge in [-0.1, -0.05) is 81.5 Å². The van der Waals surface area contributed by atoms with E-state index in [-0.39, 0.29) is 0 Å². The molecule has 1 aliphatic rings. The molecule has 0 aromatic rings. The average molecular weight is 232 g/mol. The second-order valence-electron chi connectivity index (χ2n) is 7.14. The molecule has 0 spiro atoms. The Morgan fingerprint density at radius 2 is 1.82 bits per heavy atom. The lowest BCUT2D eigenvalue weighted by atomic mass is 9.45. The zero-order valence-electron chi connectivity index (χ0n) is 12.5. The van der Waals surface area contributed by atoms with Crippen molar-refractivity contribution in [2.75, 3.05) is 0 Å². The summed E-state index contributed by atoms with van der Waals surface area (Å²) in [6.45, 7) is 7.11. The minimum absolute atomic E-state index is 0.588. The maximum absolute atomic E-state index is 2.53. The van der Waals surface area contributed by atoms with Crippen LogP contribution < -0.4 is 0 Å². The molecular formula is C15H30B2. The fraction of sp³-hybridized carbons (Fsp3) is 0.867. The highest BCUT2D eigenvalue weighted by atomic mass is 14.3. The van der Waals surface area contributed by atoms with Crippen molar-refractivity contribution in [1.82, 2.24) is 0 Å². The summed E-state index contributed by atoms with van der Waals surface area (Å²) in [5.74, 6) is 0. The first-order chi connectivity index (χ1) is 7.97. The Balaban J connectivity index is 2.42. The van der Waals surface area contributed by atoms with Crippen molar-refractivity contribution in [2.45, 2.75) is 82.7 Å². The minimum atomic E-state index is 0.588. The number of rotatable bonds is 4. The van der Waals surface area contributed by atoms with Gasteiger partial charge in [-0.15, -0.1) is 0 Å². The van der Waals surface area contributed by atoms with E-state index in [0.717, 1.165) is 0 Å². The predicted molar refractivity (Wildman–Crippen MR) is 84.4 cm³/mol. The molecule has 1 aliphatic carbocycles. The molecule has 0 saturated heterocycles.